The van der Waals surface area contributed by atoms with Crippen molar-refractivity contribution >= 4 is 22.6 Å². The zero-order chi connectivity index (χ0) is 14.2. The summed E-state index contributed by atoms with van der Waals surface area (Å²) in [5.74, 6) is -0.384. The van der Waals surface area contributed by atoms with E-state index in [1.165, 1.54) is 13.8 Å². The summed E-state index contributed by atoms with van der Waals surface area (Å²) in [5, 5.41) is 0. The molecule has 0 aromatic carbocycles. The van der Waals surface area contributed by atoms with Crippen LogP contribution in [0.15, 0.2) is 0 Å². The molecular formula is C13H24O4S. The summed E-state index contributed by atoms with van der Waals surface area (Å²) in [6.07, 6.45) is 2.93. The SMILES string of the molecule is CCCCCS(=O)CC(=O)C(C)(C)C(=O)OCC. The van der Waals surface area contributed by atoms with E-state index in [1.807, 2.05) is 0 Å². The van der Waals surface area contributed by atoms with Gasteiger partial charge in [-0.15, -0.1) is 0 Å². The van der Waals surface area contributed by atoms with Crippen molar-refractivity contribution < 1.29 is 18.5 Å². The van der Waals surface area contributed by atoms with Crippen LogP contribution < -0.4 is 0 Å². The first kappa shape index (κ1) is 17.3. The molecule has 4 nitrogen and oxygen atoms in total. The summed E-state index contributed by atoms with van der Waals surface area (Å²) in [4.78, 5) is 23.5. The van der Waals surface area contributed by atoms with E-state index in [4.69, 9.17) is 4.74 Å². The Morgan fingerprint density at radius 2 is 1.78 bits per heavy atom. The van der Waals surface area contributed by atoms with Crippen LogP contribution in [0.3, 0.4) is 0 Å². The standard InChI is InChI=1S/C13H24O4S/c1-5-7-8-9-18(16)10-11(14)13(3,4)12(15)17-6-2/h5-10H2,1-4H3. The molecule has 0 radical (unpaired) electrons. The number of ketones is 1. The molecule has 0 saturated carbocycles. The molecule has 5 heteroatoms. The summed E-state index contributed by atoms with van der Waals surface area (Å²) >= 11 is 0. The number of rotatable bonds is 9. The highest BCUT2D eigenvalue weighted by Gasteiger charge is 2.37. The third-order valence-electron chi connectivity index (χ3n) is 2.75. The number of hydrogen-bond donors (Lipinski definition) is 0. The molecule has 1 unspecified atom stereocenters. The van der Waals surface area contributed by atoms with Crippen molar-refractivity contribution in [2.24, 2.45) is 5.41 Å². The maximum Gasteiger partial charge on any atom is 0.319 e. The van der Waals surface area contributed by atoms with Crippen LogP contribution in [0, 0.1) is 5.41 Å². The van der Waals surface area contributed by atoms with E-state index in [0.717, 1.165) is 19.3 Å². The van der Waals surface area contributed by atoms with Crippen LogP contribution in [0.4, 0.5) is 0 Å². The lowest BCUT2D eigenvalue weighted by atomic mass is 9.89. The highest BCUT2D eigenvalue weighted by Crippen LogP contribution is 2.19. The number of carbonyl (C=O) groups excluding carboxylic acids is 2. The molecule has 0 aromatic heterocycles. The fraction of sp³-hybridized carbons (Fsp3) is 0.846. The van der Waals surface area contributed by atoms with Crippen LogP contribution in [-0.2, 0) is 25.1 Å². The van der Waals surface area contributed by atoms with Gasteiger partial charge in [-0.2, -0.15) is 0 Å². The number of ether oxygens (including phenoxy) is 1. The average molecular weight is 276 g/mol. The molecule has 0 saturated heterocycles. The third kappa shape index (κ3) is 5.76. The second kappa shape index (κ2) is 8.40. The molecule has 0 bridgehead atoms. The Bertz CT molecular complexity index is 310. The molecule has 0 spiro atoms. The lowest BCUT2D eigenvalue weighted by molar-refractivity contribution is -0.157. The first-order valence-electron chi connectivity index (χ1n) is 6.41. The molecule has 0 heterocycles. The lowest BCUT2D eigenvalue weighted by Gasteiger charge is -2.20. The lowest BCUT2D eigenvalue weighted by Crippen LogP contribution is -2.38. The Balaban J connectivity index is 4.29. The first-order chi connectivity index (χ1) is 8.36. The smallest absolute Gasteiger partial charge is 0.319 e. The molecular weight excluding hydrogens is 252 g/mol. The molecule has 106 valence electrons. The summed E-state index contributed by atoms with van der Waals surface area (Å²) in [7, 11) is -1.18. The van der Waals surface area contributed by atoms with Gasteiger partial charge in [-0.3, -0.25) is 13.8 Å². The van der Waals surface area contributed by atoms with E-state index >= 15 is 0 Å². The van der Waals surface area contributed by atoms with Crippen molar-refractivity contribution in [3.8, 4) is 0 Å². The van der Waals surface area contributed by atoms with Crippen molar-refractivity contribution in [2.75, 3.05) is 18.1 Å². The Morgan fingerprint density at radius 3 is 2.28 bits per heavy atom. The van der Waals surface area contributed by atoms with Crippen LogP contribution in [0.25, 0.3) is 0 Å². The van der Waals surface area contributed by atoms with Gasteiger partial charge in [0.05, 0.1) is 12.4 Å². The summed E-state index contributed by atoms with van der Waals surface area (Å²) < 4.78 is 16.5. The molecule has 1 atom stereocenters. The van der Waals surface area contributed by atoms with Gasteiger partial charge in [0.1, 0.15) is 5.41 Å². The van der Waals surface area contributed by atoms with Crippen molar-refractivity contribution in [3.05, 3.63) is 0 Å². The van der Waals surface area contributed by atoms with E-state index in [9.17, 15) is 13.8 Å². The van der Waals surface area contributed by atoms with Gasteiger partial charge in [0.2, 0.25) is 0 Å². The van der Waals surface area contributed by atoms with E-state index in [1.54, 1.807) is 6.92 Å². The minimum Gasteiger partial charge on any atom is -0.465 e. The number of hydrogen-bond acceptors (Lipinski definition) is 4. The van der Waals surface area contributed by atoms with Gasteiger partial charge < -0.3 is 4.74 Å². The zero-order valence-corrected chi connectivity index (χ0v) is 12.6. The molecule has 18 heavy (non-hydrogen) atoms. The molecule has 0 aliphatic rings. The van der Waals surface area contributed by atoms with Crippen LogP contribution in [0.2, 0.25) is 0 Å². The van der Waals surface area contributed by atoms with Gasteiger partial charge in [0.15, 0.2) is 5.78 Å². The number of carbonyl (C=O) groups is 2. The number of unbranched alkanes of at least 4 members (excludes halogenated alkanes) is 2. The highest BCUT2D eigenvalue weighted by atomic mass is 32.2. The van der Waals surface area contributed by atoms with Crippen LogP contribution in [-0.4, -0.2) is 34.1 Å². The second-order valence-corrected chi connectivity index (χ2v) is 6.34. The zero-order valence-electron chi connectivity index (χ0n) is 11.8. The fourth-order valence-corrected chi connectivity index (χ4v) is 2.66. The topological polar surface area (TPSA) is 60.4 Å². The van der Waals surface area contributed by atoms with E-state index < -0.39 is 22.2 Å². The Hall–Kier alpha value is -0.710. The molecule has 0 N–H and O–H groups in total. The molecule has 0 rings (SSSR count). The first-order valence-corrected chi connectivity index (χ1v) is 7.90. The van der Waals surface area contributed by atoms with Crippen LogP contribution in [0.1, 0.15) is 47.0 Å². The summed E-state index contributed by atoms with van der Waals surface area (Å²) in [5.41, 5.74) is -1.20. The van der Waals surface area contributed by atoms with Crippen molar-refractivity contribution in [2.45, 2.75) is 47.0 Å². The average Bonchev–Trinajstić information content (AvgIpc) is 2.29. The maximum absolute atomic E-state index is 11.9. The van der Waals surface area contributed by atoms with Crippen molar-refractivity contribution in [3.63, 3.8) is 0 Å². The molecule has 0 aliphatic carbocycles. The van der Waals surface area contributed by atoms with Crippen molar-refractivity contribution in [1.29, 1.82) is 0 Å². The van der Waals surface area contributed by atoms with Crippen LogP contribution in [0.5, 0.6) is 0 Å². The summed E-state index contributed by atoms with van der Waals surface area (Å²) in [6.45, 7) is 7.06. The molecule has 0 aromatic rings. The minimum atomic E-state index is -1.20. The maximum atomic E-state index is 11.9. The van der Waals surface area contributed by atoms with Gasteiger partial charge in [-0.05, 0) is 27.2 Å². The van der Waals surface area contributed by atoms with E-state index in [0.29, 0.717) is 5.75 Å². The monoisotopic (exact) mass is 276 g/mol. The Morgan fingerprint density at radius 1 is 1.17 bits per heavy atom. The van der Waals surface area contributed by atoms with Gasteiger partial charge in [-0.25, -0.2) is 0 Å². The van der Waals surface area contributed by atoms with Gasteiger partial charge in [0, 0.05) is 16.6 Å². The van der Waals surface area contributed by atoms with Gasteiger partial charge in [0.25, 0.3) is 0 Å². The van der Waals surface area contributed by atoms with Gasteiger partial charge >= 0.3 is 5.97 Å². The fourth-order valence-electron chi connectivity index (χ4n) is 1.34. The Kier molecular flexibility index (Phi) is 8.07. The van der Waals surface area contributed by atoms with E-state index in [-0.39, 0.29) is 18.1 Å². The molecule has 0 amide bonds. The third-order valence-corrected chi connectivity index (χ3v) is 4.08. The van der Waals surface area contributed by atoms with Crippen LogP contribution >= 0.6 is 0 Å². The highest BCUT2D eigenvalue weighted by molar-refractivity contribution is 7.85. The van der Waals surface area contributed by atoms with Crippen molar-refractivity contribution in [1.82, 2.24) is 0 Å². The second-order valence-electron chi connectivity index (χ2n) is 4.76. The van der Waals surface area contributed by atoms with Gasteiger partial charge in [-0.1, -0.05) is 19.8 Å². The minimum absolute atomic E-state index is 0.0600. The summed E-state index contributed by atoms with van der Waals surface area (Å²) in [6, 6.07) is 0. The quantitative estimate of drug-likeness (QED) is 0.367. The normalized spacial score (nSPS) is 13.1. The predicted molar refractivity (Wildman–Crippen MR) is 72.8 cm³/mol. The van der Waals surface area contributed by atoms with E-state index in [2.05, 4.69) is 6.92 Å². The molecule has 0 fully saturated rings. The predicted octanol–water partition coefficient (Wildman–Crippen LogP) is 2.08. The molecule has 0 aliphatic heterocycles. The largest absolute Gasteiger partial charge is 0.465 e. The Labute approximate surface area is 112 Å². The number of esters is 1. The number of Topliss-reactive ketones (excluding diaryl/α,β-unsaturated/α-hetero) is 1.